The topological polar surface area (TPSA) is 50.1 Å². The molecule has 1 saturated carbocycles. The van der Waals surface area contributed by atoms with E-state index in [0.717, 1.165) is 31.2 Å². The molecule has 0 spiro atoms. The molecule has 1 aliphatic rings. The number of nitrogens with one attached hydrogen (secondary N) is 1. The summed E-state index contributed by atoms with van der Waals surface area (Å²) in [5.41, 5.74) is 0.474. The molecule has 1 aromatic rings. The molecular formula is C16H21NO2. The number of carbonyl (C=O) groups is 1. The van der Waals surface area contributed by atoms with Gasteiger partial charge in [-0.2, -0.15) is 0 Å². The number of rotatable bonds is 5. The molecule has 1 fully saturated rings. The summed E-state index contributed by atoms with van der Waals surface area (Å²) in [6.07, 6.45) is 5.13. The summed E-state index contributed by atoms with van der Waals surface area (Å²) >= 11 is 0. The maximum absolute atomic E-state index is 12.3. The predicted octanol–water partition coefficient (Wildman–Crippen LogP) is 3.17. The van der Waals surface area contributed by atoms with Crippen molar-refractivity contribution < 1.29 is 9.53 Å². The van der Waals surface area contributed by atoms with Gasteiger partial charge < -0.3 is 4.74 Å². The highest BCUT2D eigenvalue weighted by atomic mass is 16.5. The summed E-state index contributed by atoms with van der Waals surface area (Å²) in [5, 5.41) is 8.21. The number of Topliss-reactive ketones (excluding diaryl/α,β-unsaturated/α-hetero) is 1. The molecule has 19 heavy (non-hydrogen) atoms. The van der Waals surface area contributed by atoms with Gasteiger partial charge in [-0.15, -0.1) is 0 Å². The Bertz CT molecular complexity index is 447. The zero-order valence-electron chi connectivity index (χ0n) is 11.4. The molecule has 1 aliphatic carbocycles. The Balaban J connectivity index is 2.07. The van der Waals surface area contributed by atoms with Crippen molar-refractivity contribution in [2.75, 3.05) is 7.11 Å². The van der Waals surface area contributed by atoms with Crippen molar-refractivity contribution in [3.63, 3.8) is 0 Å². The minimum atomic E-state index is -0.635. The lowest BCUT2D eigenvalue weighted by molar-refractivity contribution is -0.114. The van der Waals surface area contributed by atoms with E-state index < -0.39 is 5.60 Å². The summed E-state index contributed by atoms with van der Waals surface area (Å²) < 4.78 is 5.55. The maximum Gasteiger partial charge on any atom is 0.183 e. The molecule has 0 radical (unpaired) electrons. The van der Waals surface area contributed by atoms with Gasteiger partial charge in [0.25, 0.3) is 0 Å². The fourth-order valence-electron chi connectivity index (χ4n) is 2.80. The van der Waals surface area contributed by atoms with E-state index in [-0.39, 0.29) is 11.5 Å². The van der Waals surface area contributed by atoms with Crippen LogP contribution in [0.15, 0.2) is 30.3 Å². The summed E-state index contributed by atoms with van der Waals surface area (Å²) in [5.74, 6) is -0.116. The second-order valence-corrected chi connectivity index (χ2v) is 5.22. The van der Waals surface area contributed by atoms with Crippen molar-refractivity contribution in [1.82, 2.24) is 0 Å². The third-order valence-electron chi connectivity index (χ3n) is 3.99. The Morgan fingerprint density at radius 2 is 1.84 bits per heavy atom. The number of hydrogen-bond donors (Lipinski definition) is 1. The van der Waals surface area contributed by atoms with Crippen LogP contribution < -0.4 is 0 Å². The Morgan fingerprint density at radius 1 is 1.21 bits per heavy atom. The molecule has 0 aliphatic heterocycles. The molecule has 0 heterocycles. The van der Waals surface area contributed by atoms with Gasteiger partial charge in [-0.25, -0.2) is 0 Å². The van der Waals surface area contributed by atoms with E-state index in [2.05, 4.69) is 0 Å². The second kappa shape index (κ2) is 6.11. The van der Waals surface area contributed by atoms with Gasteiger partial charge in [0.2, 0.25) is 0 Å². The van der Waals surface area contributed by atoms with Gasteiger partial charge in [0.05, 0.1) is 0 Å². The van der Waals surface area contributed by atoms with E-state index in [4.69, 9.17) is 10.1 Å². The minimum Gasteiger partial charge on any atom is -0.372 e. The third-order valence-corrected chi connectivity index (χ3v) is 3.99. The quantitative estimate of drug-likeness (QED) is 0.826. The molecule has 2 rings (SSSR count). The van der Waals surface area contributed by atoms with Gasteiger partial charge in [0, 0.05) is 13.5 Å². The Morgan fingerprint density at radius 3 is 2.42 bits per heavy atom. The molecule has 1 aromatic carbocycles. The normalized spacial score (nSPS) is 17.9. The average Bonchev–Trinajstić information content (AvgIpc) is 2.48. The van der Waals surface area contributed by atoms with Gasteiger partial charge >= 0.3 is 0 Å². The average molecular weight is 259 g/mol. The molecule has 3 nitrogen and oxygen atoms in total. The number of benzene rings is 1. The molecule has 1 N–H and O–H groups in total. The zero-order valence-corrected chi connectivity index (χ0v) is 11.4. The Labute approximate surface area is 114 Å². The SMILES string of the molecule is COC1(C(=N)C(=O)Cc2ccccc2)CCCCC1. The van der Waals surface area contributed by atoms with E-state index in [1.165, 1.54) is 6.42 Å². The molecule has 0 bridgehead atoms. The van der Waals surface area contributed by atoms with Crippen LogP contribution in [0.1, 0.15) is 37.7 Å². The maximum atomic E-state index is 12.3. The summed E-state index contributed by atoms with van der Waals surface area (Å²) in [6.45, 7) is 0. The molecule has 0 saturated heterocycles. The van der Waals surface area contributed by atoms with Crippen molar-refractivity contribution in [1.29, 1.82) is 5.41 Å². The van der Waals surface area contributed by atoms with E-state index in [1.807, 2.05) is 30.3 Å². The lowest BCUT2D eigenvalue weighted by Gasteiger charge is -2.35. The summed E-state index contributed by atoms with van der Waals surface area (Å²) in [6, 6.07) is 9.60. The van der Waals surface area contributed by atoms with Crippen LogP contribution in [0.5, 0.6) is 0 Å². The van der Waals surface area contributed by atoms with Gasteiger partial charge in [0.1, 0.15) is 11.3 Å². The minimum absolute atomic E-state index is 0.116. The van der Waals surface area contributed by atoms with Crippen molar-refractivity contribution in [3.8, 4) is 0 Å². The fourth-order valence-corrected chi connectivity index (χ4v) is 2.80. The highest BCUT2D eigenvalue weighted by Gasteiger charge is 2.39. The monoisotopic (exact) mass is 259 g/mol. The van der Waals surface area contributed by atoms with Crippen LogP contribution in [0.4, 0.5) is 0 Å². The first-order valence-corrected chi connectivity index (χ1v) is 6.89. The van der Waals surface area contributed by atoms with Crippen molar-refractivity contribution in [2.24, 2.45) is 0 Å². The molecule has 0 atom stereocenters. The highest BCUT2D eigenvalue weighted by molar-refractivity contribution is 6.42. The molecule has 3 heteroatoms. The van der Waals surface area contributed by atoms with Crippen LogP contribution in [0.3, 0.4) is 0 Å². The molecule has 0 unspecified atom stereocenters. The number of carbonyl (C=O) groups excluding carboxylic acids is 1. The van der Waals surface area contributed by atoms with Crippen molar-refractivity contribution in [2.45, 2.75) is 44.1 Å². The third kappa shape index (κ3) is 3.10. The summed E-state index contributed by atoms with van der Waals surface area (Å²) in [4.78, 5) is 12.3. The van der Waals surface area contributed by atoms with E-state index in [0.29, 0.717) is 6.42 Å². The van der Waals surface area contributed by atoms with Gasteiger partial charge in [-0.05, 0) is 18.4 Å². The van der Waals surface area contributed by atoms with Crippen LogP contribution in [-0.4, -0.2) is 24.2 Å². The second-order valence-electron chi connectivity index (χ2n) is 5.22. The predicted molar refractivity (Wildman–Crippen MR) is 75.7 cm³/mol. The van der Waals surface area contributed by atoms with Crippen molar-refractivity contribution in [3.05, 3.63) is 35.9 Å². The van der Waals surface area contributed by atoms with Gasteiger partial charge in [-0.3, -0.25) is 10.2 Å². The van der Waals surface area contributed by atoms with Gasteiger partial charge in [-0.1, -0.05) is 49.6 Å². The van der Waals surface area contributed by atoms with Crippen LogP contribution in [0, 0.1) is 5.41 Å². The zero-order chi connectivity index (χ0) is 13.7. The summed E-state index contributed by atoms with van der Waals surface area (Å²) in [7, 11) is 1.62. The number of hydrogen-bond acceptors (Lipinski definition) is 3. The lowest BCUT2D eigenvalue weighted by atomic mass is 9.79. The number of ether oxygens (including phenoxy) is 1. The van der Waals surface area contributed by atoms with Crippen LogP contribution in [0.2, 0.25) is 0 Å². The first-order chi connectivity index (χ1) is 9.18. The highest BCUT2D eigenvalue weighted by Crippen LogP contribution is 2.32. The Kier molecular flexibility index (Phi) is 4.48. The lowest BCUT2D eigenvalue weighted by Crippen LogP contribution is -2.46. The molecule has 0 amide bonds. The molecular weight excluding hydrogens is 238 g/mol. The number of ketones is 1. The molecule has 0 aromatic heterocycles. The largest absolute Gasteiger partial charge is 0.372 e. The first kappa shape index (κ1) is 13.9. The van der Waals surface area contributed by atoms with E-state index >= 15 is 0 Å². The van der Waals surface area contributed by atoms with Crippen LogP contribution >= 0.6 is 0 Å². The fraction of sp³-hybridized carbons (Fsp3) is 0.500. The van der Waals surface area contributed by atoms with Gasteiger partial charge in [0.15, 0.2) is 5.78 Å². The first-order valence-electron chi connectivity index (χ1n) is 6.89. The Hall–Kier alpha value is -1.48. The van der Waals surface area contributed by atoms with E-state index in [9.17, 15) is 4.79 Å². The van der Waals surface area contributed by atoms with Crippen LogP contribution in [-0.2, 0) is 16.0 Å². The standard InChI is InChI=1S/C16H21NO2/c1-19-16(10-6-3-7-11-16)15(17)14(18)12-13-8-4-2-5-9-13/h2,4-5,8-9,17H,3,6-7,10-12H2,1H3. The number of methoxy groups -OCH3 is 1. The molecule has 102 valence electrons. The van der Waals surface area contributed by atoms with E-state index in [1.54, 1.807) is 7.11 Å². The smallest absolute Gasteiger partial charge is 0.183 e. The van der Waals surface area contributed by atoms with Crippen molar-refractivity contribution >= 4 is 11.5 Å². The van der Waals surface area contributed by atoms with Crippen LogP contribution in [0.25, 0.3) is 0 Å².